The number of hydrogen-bond donors (Lipinski definition) is 2. The Morgan fingerprint density at radius 1 is 1.53 bits per heavy atom. The molecule has 2 N–H and O–H groups in total. The van der Waals surface area contributed by atoms with Crippen LogP contribution >= 0.6 is 11.3 Å². The van der Waals surface area contributed by atoms with E-state index in [0.717, 1.165) is 11.3 Å². The predicted molar refractivity (Wildman–Crippen MR) is 70.0 cm³/mol. The maximum absolute atomic E-state index is 12.1. The van der Waals surface area contributed by atoms with Gasteiger partial charge in [-0.2, -0.15) is 13.5 Å². The second kappa shape index (κ2) is 4.67. The third-order valence-corrected chi connectivity index (χ3v) is 4.97. The first-order valence-electron chi connectivity index (χ1n) is 5.15. The highest BCUT2D eigenvalue weighted by Gasteiger charge is 2.23. The maximum atomic E-state index is 12.1. The molecule has 2 aromatic heterocycles. The normalized spacial score (nSPS) is 11.5. The van der Waals surface area contributed by atoms with Crippen LogP contribution in [-0.2, 0) is 17.1 Å². The van der Waals surface area contributed by atoms with Gasteiger partial charge in [0, 0.05) is 7.05 Å². The minimum absolute atomic E-state index is 0.0329. The van der Waals surface area contributed by atoms with Crippen molar-refractivity contribution in [2.45, 2.75) is 11.9 Å². The second-order valence-corrected chi connectivity index (χ2v) is 6.34. The summed E-state index contributed by atoms with van der Waals surface area (Å²) >= 11 is 0.977. The molecule has 19 heavy (non-hydrogen) atoms. The Kier molecular flexibility index (Phi) is 3.33. The Hall–Kier alpha value is -1.87. The van der Waals surface area contributed by atoms with Crippen LogP contribution in [0.2, 0.25) is 0 Å². The van der Waals surface area contributed by atoms with Gasteiger partial charge in [-0.25, -0.2) is 4.79 Å². The lowest BCUT2D eigenvalue weighted by molar-refractivity contribution is 0.0703. The minimum Gasteiger partial charge on any atom is -0.477 e. The monoisotopic (exact) mass is 301 g/mol. The Balaban J connectivity index is 2.45. The van der Waals surface area contributed by atoms with E-state index in [1.54, 1.807) is 12.3 Å². The highest BCUT2D eigenvalue weighted by Crippen LogP contribution is 2.29. The molecule has 0 aliphatic heterocycles. The molecule has 0 fully saturated rings. The lowest BCUT2D eigenvalue weighted by atomic mass is 10.3. The van der Waals surface area contributed by atoms with Gasteiger partial charge in [-0.05, 0) is 23.9 Å². The summed E-state index contributed by atoms with van der Waals surface area (Å²) in [5.41, 5.74) is 0.659. The van der Waals surface area contributed by atoms with E-state index < -0.39 is 16.0 Å². The smallest absolute Gasteiger partial charge is 0.348 e. The molecule has 0 aromatic carbocycles. The average Bonchev–Trinajstić information content (AvgIpc) is 2.86. The van der Waals surface area contributed by atoms with Crippen molar-refractivity contribution in [3.63, 3.8) is 0 Å². The Bertz CT molecular complexity index is 730. The first-order valence-corrected chi connectivity index (χ1v) is 7.51. The Morgan fingerprint density at radius 2 is 2.21 bits per heavy atom. The van der Waals surface area contributed by atoms with Crippen molar-refractivity contribution in [2.24, 2.45) is 7.05 Å². The highest BCUT2D eigenvalue weighted by molar-refractivity contribution is 7.92. The molecule has 0 spiro atoms. The topological polar surface area (TPSA) is 101 Å². The molecule has 0 saturated heterocycles. The number of carbonyl (C=O) groups is 1. The molecule has 2 aromatic rings. The van der Waals surface area contributed by atoms with E-state index in [1.165, 1.54) is 24.0 Å². The summed E-state index contributed by atoms with van der Waals surface area (Å²) < 4.78 is 27.8. The lowest BCUT2D eigenvalue weighted by Gasteiger charge is -2.08. The van der Waals surface area contributed by atoms with Gasteiger partial charge in [-0.15, -0.1) is 11.3 Å². The van der Waals surface area contributed by atoms with Crippen LogP contribution in [0.25, 0.3) is 0 Å². The van der Waals surface area contributed by atoms with Crippen LogP contribution < -0.4 is 4.72 Å². The van der Waals surface area contributed by atoms with E-state index in [2.05, 4.69) is 9.82 Å². The van der Waals surface area contributed by atoms with Crippen LogP contribution in [-0.4, -0.2) is 29.3 Å². The van der Waals surface area contributed by atoms with E-state index in [9.17, 15) is 13.2 Å². The average molecular weight is 301 g/mol. The first kappa shape index (κ1) is 13.6. The molecular weight excluding hydrogens is 290 g/mol. The molecule has 0 radical (unpaired) electrons. The van der Waals surface area contributed by atoms with Crippen molar-refractivity contribution in [1.29, 1.82) is 0 Å². The number of hydrogen-bond acceptors (Lipinski definition) is 5. The SMILES string of the molecule is Cc1csc(C(=O)O)c1NS(=O)(=O)c1ccnn1C. The molecular formula is C10H11N3O4S2. The van der Waals surface area contributed by atoms with Crippen molar-refractivity contribution >= 4 is 33.0 Å². The van der Waals surface area contributed by atoms with E-state index in [1.807, 2.05) is 0 Å². The van der Waals surface area contributed by atoms with E-state index in [0.29, 0.717) is 5.56 Å². The van der Waals surface area contributed by atoms with Crippen LogP contribution in [0.5, 0.6) is 0 Å². The molecule has 0 aliphatic carbocycles. The number of rotatable bonds is 4. The Labute approximate surface area is 113 Å². The molecule has 0 aliphatic rings. The zero-order chi connectivity index (χ0) is 14.2. The fourth-order valence-electron chi connectivity index (χ4n) is 1.54. The van der Waals surface area contributed by atoms with E-state index in [4.69, 9.17) is 5.11 Å². The highest BCUT2D eigenvalue weighted by atomic mass is 32.2. The number of anilines is 1. The molecule has 0 unspecified atom stereocenters. The fraction of sp³-hybridized carbons (Fsp3) is 0.200. The van der Waals surface area contributed by atoms with Crippen LogP contribution in [0.1, 0.15) is 15.2 Å². The summed E-state index contributed by atoms with van der Waals surface area (Å²) in [7, 11) is -2.36. The number of aromatic carboxylic acids is 1. The molecule has 0 bridgehead atoms. The maximum Gasteiger partial charge on any atom is 0.348 e. The van der Waals surface area contributed by atoms with Gasteiger partial charge in [0.1, 0.15) is 4.88 Å². The number of nitrogens with one attached hydrogen (secondary N) is 1. The number of thiophene rings is 1. The summed E-state index contributed by atoms with van der Waals surface area (Å²) in [5, 5.41) is 14.3. The quantitative estimate of drug-likeness (QED) is 0.886. The minimum atomic E-state index is -3.86. The van der Waals surface area contributed by atoms with Crippen molar-refractivity contribution < 1.29 is 18.3 Å². The number of carboxylic acids is 1. The molecule has 102 valence electrons. The number of aryl methyl sites for hydroxylation is 2. The summed E-state index contributed by atoms with van der Waals surface area (Å²) in [5.74, 6) is -1.17. The van der Waals surface area contributed by atoms with Crippen molar-refractivity contribution in [3.8, 4) is 0 Å². The van der Waals surface area contributed by atoms with Crippen LogP contribution in [0.4, 0.5) is 5.69 Å². The van der Waals surface area contributed by atoms with Crippen LogP contribution in [0.3, 0.4) is 0 Å². The Morgan fingerprint density at radius 3 is 2.74 bits per heavy atom. The summed E-state index contributed by atoms with van der Waals surface area (Å²) in [6.45, 7) is 1.64. The summed E-state index contributed by atoms with van der Waals surface area (Å²) in [6.07, 6.45) is 1.35. The van der Waals surface area contributed by atoms with Gasteiger partial charge in [0.25, 0.3) is 10.0 Å². The van der Waals surface area contributed by atoms with Gasteiger partial charge in [-0.3, -0.25) is 9.40 Å². The first-order chi connectivity index (χ1) is 8.83. The fourth-order valence-corrected chi connectivity index (χ4v) is 3.72. The zero-order valence-electron chi connectivity index (χ0n) is 10.1. The lowest BCUT2D eigenvalue weighted by Crippen LogP contribution is -2.18. The second-order valence-electron chi connectivity index (χ2n) is 3.83. The van der Waals surface area contributed by atoms with Crippen molar-refractivity contribution in [2.75, 3.05) is 4.72 Å². The molecule has 0 amide bonds. The number of sulfonamides is 1. The largest absolute Gasteiger partial charge is 0.477 e. The standard InChI is InChI=1S/C10H11N3O4S2/c1-6-5-18-9(10(14)15)8(6)12-19(16,17)7-3-4-11-13(7)2/h3-5,12H,1-2H3,(H,14,15). The van der Waals surface area contributed by atoms with Gasteiger partial charge >= 0.3 is 5.97 Å². The summed E-state index contributed by atoms with van der Waals surface area (Å²) in [4.78, 5) is 11.0. The van der Waals surface area contributed by atoms with E-state index in [-0.39, 0.29) is 15.6 Å². The van der Waals surface area contributed by atoms with Crippen molar-refractivity contribution in [1.82, 2.24) is 9.78 Å². The molecule has 2 heterocycles. The number of nitrogens with zero attached hydrogens (tertiary/aromatic N) is 2. The number of aromatic nitrogens is 2. The van der Waals surface area contributed by atoms with Crippen molar-refractivity contribution in [3.05, 3.63) is 28.1 Å². The van der Waals surface area contributed by atoms with Gasteiger partial charge in [0.2, 0.25) is 0 Å². The predicted octanol–water partition coefficient (Wildman–Crippen LogP) is 1.29. The van der Waals surface area contributed by atoms with Crippen LogP contribution in [0, 0.1) is 6.92 Å². The van der Waals surface area contributed by atoms with Gasteiger partial charge < -0.3 is 5.11 Å². The van der Waals surface area contributed by atoms with Gasteiger partial charge in [-0.1, -0.05) is 0 Å². The molecule has 2 rings (SSSR count). The molecule has 9 heteroatoms. The number of carboxylic acid groups (broad SMARTS) is 1. The van der Waals surface area contributed by atoms with Gasteiger partial charge in [0.05, 0.1) is 11.9 Å². The molecule has 0 saturated carbocycles. The third-order valence-electron chi connectivity index (χ3n) is 2.46. The van der Waals surface area contributed by atoms with Crippen LogP contribution in [0.15, 0.2) is 22.7 Å². The zero-order valence-corrected chi connectivity index (χ0v) is 11.7. The van der Waals surface area contributed by atoms with Gasteiger partial charge in [0.15, 0.2) is 5.03 Å². The third kappa shape index (κ3) is 2.47. The molecule has 7 nitrogen and oxygen atoms in total. The van der Waals surface area contributed by atoms with E-state index >= 15 is 0 Å². The summed E-state index contributed by atoms with van der Waals surface area (Å²) in [6, 6.07) is 1.34. The molecule has 0 atom stereocenters.